The smallest absolute Gasteiger partial charge is 0.323 e. The molecule has 0 aromatic heterocycles. The van der Waals surface area contributed by atoms with Crippen molar-refractivity contribution in [1.29, 1.82) is 0 Å². The minimum absolute atomic E-state index is 0.271. The van der Waals surface area contributed by atoms with Gasteiger partial charge < -0.3 is 21.1 Å². The molecule has 0 aliphatic carbocycles. The Morgan fingerprint density at radius 1 is 0.806 bits per heavy atom. The molecule has 158 valence electrons. The number of amides is 3. The minimum atomic E-state index is -1.04. The Bertz CT molecular complexity index is 1050. The lowest BCUT2D eigenvalue weighted by Crippen LogP contribution is -2.30. The maximum atomic E-state index is 12.6. The first-order chi connectivity index (χ1) is 14.9. The van der Waals surface area contributed by atoms with E-state index in [-0.39, 0.29) is 6.42 Å². The van der Waals surface area contributed by atoms with E-state index in [2.05, 4.69) is 16.0 Å². The van der Waals surface area contributed by atoms with Crippen molar-refractivity contribution in [2.45, 2.75) is 12.5 Å². The molecule has 3 rings (SSSR count). The van der Waals surface area contributed by atoms with Crippen LogP contribution in [0.3, 0.4) is 0 Å². The molecule has 0 saturated carbocycles. The van der Waals surface area contributed by atoms with Crippen molar-refractivity contribution in [1.82, 2.24) is 5.32 Å². The third-order valence-electron chi connectivity index (χ3n) is 4.39. The van der Waals surface area contributed by atoms with Gasteiger partial charge in [0.1, 0.15) is 0 Å². The quantitative estimate of drug-likeness (QED) is 0.420. The highest BCUT2D eigenvalue weighted by Gasteiger charge is 2.19. The van der Waals surface area contributed by atoms with E-state index >= 15 is 0 Å². The molecule has 3 aromatic rings. The number of carbonyl (C=O) groups excluding carboxylic acids is 2. The summed E-state index contributed by atoms with van der Waals surface area (Å²) in [4.78, 5) is 35.9. The van der Waals surface area contributed by atoms with Crippen molar-refractivity contribution in [3.8, 4) is 0 Å². The lowest BCUT2D eigenvalue weighted by Gasteiger charge is -2.18. The molecule has 1 unspecified atom stereocenters. The first kappa shape index (κ1) is 21.9. The summed E-state index contributed by atoms with van der Waals surface area (Å²) in [6.07, 6.45) is -0.271. The van der Waals surface area contributed by atoms with Gasteiger partial charge in [0, 0.05) is 22.0 Å². The maximum Gasteiger partial charge on any atom is 0.323 e. The van der Waals surface area contributed by atoms with E-state index in [0.717, 1.165) is 0 Å². The highest BCUT2D eigenvalue weighted by Crippen LogP contribution is 2.20. The largest absolute Gasteiger partial charge is 0.481 e. The molecular formula is C23H20ClN3O4. The number of aliphatic carboxylic acids is 1. The minimum Gasteiger partial charge on any atom is -0.481 e. The molecule has 0 heterocycles. The number of benzene rings is 3. The monoisotopic (exact) mass is 437 g/mol. The van der Waals surface area contributed by atoms with Crippen LogP contribution < -0.4 is 16.0 Å². The van der Waals surface area contributed by atoms with Crippen LogP contribution in [0.15, 0.2) is 78.9 Å². The number of nitrogens with one attached hydrogen (secondary N) is 3. The zero-order valence-electron chi connectivity index (χ0n) is 16.3. The number of carboxylic acids is 1. The topological polar surface area (TPSA) is 108 Å². The SMILES string of the molecule is O=C(O)CC(NC(=O)c1ccc(NC(=O)Nc2ccccc2)cc1)c1ccc(Cl)cc1. The van der Waals surface area contributed by atoms with Gasteiger partial charge in [0.25, 0.3) is 5.91 Å². The fourth-order valence-corrected chi connectivity index (χ4v) is 3.01. The lowest BCUT2D eigenvalue weighted by atomic mass is 10.0. The van der Waals surface area contributed by atoms with Crippen molar-refractivity contribution in [3.05, 3.63) is 95.0 Å². The number of urea groups is 1. The van der Waals surface area contributed by atoms with Gasteiger partial charge in [-0.15, -0.1) is 0 Å². The van der Waals surface area contributed by atoms with Gasteiger partial charge >= 0.3 is 12.0 Å². The molecule has 3 aromatic carbocycles. The summed E-state index contributed by atoms with van der Waals surface area (Å²) in [6.45, 7) is 0. The van der Waals surface area contributed by atoms with Gasteiger partial charge in [0.2, 0.25) is 0 Å². The first-order valence-corrected chi connectivity index (χ1v) is 9.80. The van der Waals surface area contributed by atoms with Gasteiger partial charge in [-0.25, -0.2) is 4.79 Å². The molecule has 31 heavy (non-hydrogen) atoms. The van der Waals surface area contributed by atoms with Crippen LogP contribution in [0.5, 0.6) is 0 Å². The van der Waals surface area contributed by atoms with Crippen molar-refractivity contribution in [2.24, 2.45) is 0 Å². The second kappa shape index (κ2) is 10.3. The van der Waals surface area contributed by atoms with E-state index in [4.69, 9.17) is 11.6 Å². The van der Waals surface area contributed by atoms with E-state index in [1.54, 1.807) is 60.7 Å². The third-order valence-corrected chi connectivity index (χ3v) is 4.65. The van der Waals surface area contributed by atoms with Gasteiger partial charge in [-0.1, -0.05) is 41.9 Å². The van der Waals surface area contributed by atoms with Gasteiger partial charge in [0.15, 0.2) is 0 Å². The van der Waals surface area contributed by atoms with Crippen LogP contribution in [0.4, 0.5) is 16.2 Å². The number of hydrogen-bond donors (Lipinski definition) is 4. The third kappa shape index (κ3) is 6.58. The molecule has 0 radical (unpaired) electrons. The zero-order chi connectivity index (χ0) is 22.2. The van der Waals surface area contributed by atoms with Crippen molar-refractivity contribution >= 4 is 40.9 Å². The van der Waals surface area contributed by atoms with E-state index in [1.807, 2.05) is 18.2 Å². The van der Waals surface area contributed by atoms with Crippen LogP contribution in [0.1, 0.15) is 28.4 Å². The standard InChI is InChI=1S/C23H20ClN3O4/c24-17-10-6-15(7-11-17)20(14-21(28)29)27-22(30)16-8-12-19(13-9-16)26-23(31)25-18-4-2-1-3-5-18/h1-13,20H,14H2,(H,27,30)(H,28,29)(H2,25,26,31). The van der Waals surface area contributed by atoms with Gasteiger partial charge in [-0.05, 0) is 54.1 Å². The molecule has 0 fully saturated rings. The summed E-state index contributed by atoms with van der Waals surface area (Å²) < 4.78 is 0. The normalized spacial score (nSPS) is 11.3. The predicted molar refractivity (Wildman–Crippen MR) is 119 cm³/mol. The molecule has 0 saturated heterocycles. The molecule has 4 N–H and O–H groups in total. The number of carboxylic acid groups (broad SMARTS) is 1. The Balaban J connectivity index is 1.63. The molecule has 3 amide bonds. The van der Waals surface area contributed by atoms with Crippen LogP contribution in [0, 0.1) is 0 Å². The Labute approximate surface area is 184 Å². The molecule has 0 aliphatic heterocycles. The number of carbonyl (C=O) groups is 3. The van der Waals surface area contributed by atoms with E-state index in [9.17, 15) is 19.5 Å². The van der Waals surface area contributed by atoms with Crippen molar-refractivity contribution < 1.29 is 19.5 Å². The molecule has 1 atom stereocenters. The van der Waals surface area contributed by atoms with Crippen LogP contribution in [0.25, 0.3) is 0 Å². The van der Waals surface area contributed by atoms with Crippen molar-refractivity contribution in [3.63, 3.8) is 0 Å². The first-order valence-electron chi connectivity index (χ1n) is 9.42. The summed E-state index contributed by atoms with van der Waals surface area (Å²) in [6, 6.07) is 20.8. The van der Waals surface area contributed by atoms with E-state index in [0.29, 0.717) is 27.5 Å². The number of halogens is 1. The fraction of sp³-hybridized carbons (Fsp3) is 0.0870. The van der Waals surface area contributed by atoms with Crippen LogP contribution in [-0.2, 0) is 4.79 Å². The van der Waals surface area contributed by atoms with Gasteiger partial charge in [-0.3, -0.25) is 9.59 Å². The zero-order valence-corrected chi connectivity index (χ0v) is 17.1. The van der Waals surface area contributed by atoms with Crippen LogP contribution in [-0.4, -0.2) is 23.0 Å². The molecule has 8 heteroatoms. The summed E-state index contributed by atoms with van der Waals surface area (Å²) in [5, 5.41) is 17.8. The van der Waals surface area contributed by atoms with Crippen LogP contribution in [0.2, 0.25) is 5.02 Å². The van der Waals surface area contributed by atoms with Crippen molar-refractivity contribution in [2.75, 3.05) is 10.6 Å². The average Bonchev–Trinajstić information content (AvgIpc) is 2.74. The average molecular weight is 438 g/mol. The number of hydrogen-bond acceptors (Lipinski definition) is 3. The summed E-state index contributed by atoms with van der Waals surface area (Å²) in [5.41, 5.74) is 2.13. The predicted octanol–water partition coefficient (Wildman–Crippen LogP) is 4.93. The second-order valence-electron chi connectivity index (χ2n) is 6.70. The molecule has 7 nitrogen and oxygen atoms in total. The summed E-state index contributed by atoms with van der Waals surface area (Å²) in [7, 11) is 0. The summed E-state index contributed by atoms with van der Waals surface area (Å²) in [5.74, 6) is -1.47. The lowest BCUT2D eigenvalue weighted by molar-refractivity contribution is -0.137. The maximum absolute atomic E-state index is 12.6. The summed E-state index contributed by atoms with van der Waals surface area (Å²) >= 11 is 5.88. The molecule has 0 aliphatic rings. The molecule has 0 bridgehead atoms. The van der Waals surface area contributed by atoms with Gasteiger partial charge in [-0.2, -0.15) is 0 Å². The number of anilines is 2. The number of rotatable bonds is 7. The fourth-order valence-electron chi connectivity index (χ4n) is 2.88. The number of para-hydroxylation sites is 1. The van der Waals surface area contributed by atoms with Gasteiger partial charge in [0.05, 0.1) is 12.5 Å². The van der Waals surface area contributed by atoms with E-state index < -0.39 is 23.9 Å². The molecular weight excluding hydrogens is 418 g/mol. The second-order valence-corrected chi connectivity index (χ2v) is 7.13. The Hall–Kier alpha value is -3.84. The Kier molecular flexibility index (Phi) is 7.24. The highest BCUT2D eigenvalue weighted by molar-refractivity contribution is 6.30. The van der Waals surface area contributed by atoms with E-state index in [1.165, 1.54) is 0 Å². The highest BCUT2D eigenvalue weighted by atomic mass is 35.5. The molecule has 0 spiro atoms. The Morgan fingerprint density at radius 3 is 1.97 bits per heavy atom. The van der Waals surface area contributed by atoms with Crippen LogP contribution >= 0.6 is 11.6 Å². The Morgan fingerprint density at radius 2 is 1.39 bits per heavy atom.